The summed E-state index contributed by atoms with van der Waals surface area (Å²) in [6.07, 6.45) is 0. The van der Waals surface area contributed by atoms with E-state index in [4.69, 9.17) is 21.9 Å². The number of benzene rings is 2. The van der Waals surface area contributed by atoms with E-state index in [-0.39, 0.29) is 0 Å². The fraction of sp³-hybridized carbons (Fsp3) is 0.133. The van der Waals surface area contributed by atoms with E-state index in [1.54, 1.807) is 25.3 Å². The number of aliphatic imine (C=N–C) groups is 1. The molecule has 0 amide bonds. The molecule has 0 saturated carbocycles. The van der Waals surface area contributed by atoms with E-state index in [0.29, 0.717) is 29.3 Å². The second kappa shape index (κ2) is 5.97. The maximum Gasteiger partial charge on any atom is 0.128 e. The number of anilines is 2. The Labute approximate surface area is 118 Å². The summed E-state index contributed by atoms with van der Waals surface area (Å²) in [4.78, 5) is 4.35. The molecule has 6 N–H and O–H groups in total. The smallest absolute Gasteiger partial charge is 0.128 e. The largest absolute Gasteiger partial charge is 0.497 e. The molecular formula is C15H18N4O. The molecule has 0 aliphatic rings. The summed E-state index contributed by atoms with van der Waals surface area (Å²) in [5.74, 6) is 1.16. The van der Waals surface area contributed by atoms with E-state index >= 15 is 0 Å². The molecule has 0 heterocycles. The average molecular weight is 270 g/mol. The minimum absolute atomic E-state index is 0.373. The first-order valence-corrected chi connectivity index (χ1v) is 6.18. The summed E-state index contributed by atoms with van der Waals surface area (Å²) in [6.45, 7) is 0.456. The van der Waals surface area contributed by atoms with Gasteiger partial charge in [0.1, 0.15) is 11.6 Å². The Morgan fingerprint density at radius 1 is 1.15 bits per heavy atom. The van der Waals surface area contributed by atoms with Crippen LogP contribution >= 0.6 is 0 Å². The molecule has 20 heavy (non-hydrogen) atoms. The van der Waals surface area contributed by atoms with Crippen LogP contribution in [0.4, 0.5) is 11.4 Å². The maximum atomic E-state index is 5.97. The molecule has 2 rings (SSSR count). The first kappa shape index (κ1) is 13.7. The van der Waals surface area contributed by atoms with E-state index in [1.807, 2.05) is 24.3 Å². The van der Waals surface area contributed by atoms with Crippen molar-refractivity contribution in [2.45, 2.75) is 6.54 Å². The zero-order valence-electron chi connectivity index (χ0n) is 11.3. The summed E-state index contributed by atoms with van der Waals surface area (Å²) in [7, 11) is 1.63. The highest BCUT2D eigenvalue weighted by atomic mass is 16.5. The number of hydrogen-bond acceptors (Lipinski definition) is 4. The summed E-state index contributed by atoms with van der Waals surface area (Å²) < 4.78 is 5.16. The van der Waals surface area contributed by atoms with Gasteiger partial charge in [0, 0.05) is 16.9 Å². The Morgan fingerprint density at radius 2 is 1.95 bits per heavy atom. The van der Waals surface area contributed by atoms with Gasteiger partial charge < -0.3 is 21.9 Å². The third-order valence-electron chi connectivity index (χ3n) is 2.92. The highest BCUT2D eigenvalue weighted by Crippen LogP contribution is 2.17. The average Bonchev–Trinajstić information content (AvgIpc) is 2.47. The van der Waals surface area contributed by atoms with Gasteiger partial charge in [-0.1, -0.05) is 12.1 Å². The van der Waals surface area contributed by atoms with Crippen molar-refractivity contribution in [2.75, 3.05) is 18.6 Å². The Hall–Kier alpha value is -2.69. The lowest BCUT2D eigenvalue weighted by Gasteiger charge is -2.07. The van der Waals surface area contributed by atoms with Crippen LogP contribution < -0.4 is 21.9 Å². The minimum atomic E-state index is 0.373. The van der Waals surface area contributed by atoms with Gasteiger partial charge >= 0.3 is 0 Å². The van der Waals surface area contributed by atoms with Crippen molar-refractivity contribution in [3.05, 3.63) is 53.6 Å². The van der Waals surface area contributed by atoms with Gasteiger partial charge in [0.2, 0.25) is 0 Å². The van der Waals surface area contributed by atoms with Gasteiger partial charge in [-0.15, -0.1) is 0 Å². The van der Waals surface area contributed by atoms with Crippen LogP contribution in [0.2, 0.25) is 0 Å². The molecule has 5 heteroatoms. The van der Waals surface area contributed by atoms with Crippen molar-refractivity contribution in [2.24, 2.45) is 10.7 Å². The van der Waals surface area contributed by atoms with Gasteiger partial charge in [-0.05, 0) is 35.9 Å². The fourth-order valence-electron chi connectivity index (χ4n) is 1.83. The normalized spacial score (nSPS) is 11.3. The second-order valence-electron chi connectivity index (χ2n) is 4.40. The van der Waals surface area contributed by atoms with Crippen LogP contribution in [0.15, 0.2) is 47.5 Å². The quantitative estimate of drug-likeness (QED) is 0.448. The number of ether oxygens (including phenoxy) is 1. The summed E-state index contributed by atoms with van der Waals surface area (Å²) >= 11 is 0. The molecular weight excluding hydrogens is 252 g/mol. The van der Waals surface area contributed by atoms with Crippen LogP contribution in [0.5, 0.6) is 5.75 Å². The lowest BCUT2D eigenvalue weighted by atomic mass is 10.1. The summed E-state index contributed by atoms with van der Waals surface area (Å²) in [5.41, 5.74) is 20.4. The van der Waals surface area contributed by atoms with E-state index < -0.39 is 0 Å². The molecule has 0 unspecified atom stereocenters. The van der Waals surface area contributed by atoms with Crippen LogP contribution in [0, 0.1) is 0 Å². The lowest BCUT2D eigenvalue weighted by molar-refractivity contribution is 0.414. The van der Waals surface area contributed by atoms with Gasteiger partial charge in [0.05, 0.1) is 13.7 Å². The van der Waals surface area contributed by atoms with Crippen LogP contribution in [-0.4, -0.2) is 12.9 Å². The second-order valence-corrected chi connectivity index (χ2v) is 4.40. The number of nitrogens with zero attached hydrogens (tertiary/aromatic N) is 1. The van der Waals surface area contributed by atoms with Gasteiger partial charge in [-0.2, -0.15) is 0 Å². The number of methoxy groups -OCH3 is 1. The molecule has 5 nitrogen and oxygen atoms in total. The maximum absolute atomic E-state index is 5.97. The number of nitrogen functional groups attached to an aromatic ring is 2. The first-order chi connectivity index (χ1) is 9.60. The van der Waals surface area contributed by atoms with Crippen LogP contribution in [-0.2, 0) is 6.54 Å². The molecule has 0 aliphatic carbocycles. The summed E-state index contributed by atoms with van der Waals surface area (Å²) in [5, 5.41) is 0. The van der Waals surface area contributed by atoms with Gasteiger partial charge in [0.25, 0.3) is 0 Å². The minimum Gasteiger partial charge on any atom is -0.497 e. The van der Waals surface area contributed by atoms with E-state index in [0.717, 1.165) is 11.3 Å². The number of hydrogen-bond donors (Lipinski definition) is 3. The first-order valence-electron chi connectivity index (χ1n) is 6.18. The molecule has 0 atom stereocenters. The highest BCUT2D eigenvalue weighted by Gasteiger charge is 2.04. The van der Waals surface area contributed by atoms with Crippen molar-refractivity contribution >= 4 is 17.2 Å². The Bertz CT molecular complexity index is 638. The SMILES string of the molecule is COc1cccc(CN=C(N)c2cc(N)ccc2N)c1. The van der Waals surface area contributed by atoms with Crippen LogP contribution in [0.1, 0.15) is 11.1 Å². The van der Waals surface area contributed by atoms with E-state index in [2.05, 4.69) is 4.99 Å². The molecule has 0 aliphatic heterocycles. The van der Waals surface area contributed by atoms with E-state index in [9.17, 15) is 0 Å². The zero-order chi connectivity index (χ0) is 14.5. The predicted octanol–water partition coefficient (Wildman–Crippen LogP) is 1.77. The molecule has 0 bridgehead atoms. The molecule has 2 aromatic carbocycles. The van der Waals surface area contributed by atoms with Gasteiger partial charge in [0.15, 0.2) is 0 Å². The molecule has 0 radical (unpaired) electrons. The highest BCUT2D eigenvalue weighted by molar-refractivity contribution is 6.02. The Balaban J connectivity index is 2.20. The Kier molecular flexibility index (Phi) is 4.10. The fourth-order valence-corrected chi connectivity index (χ4v) is 1.83. The summed E-state index contributed by atoms with van der Waals surface area (Å²) in [6, 6.07) is 12.8. The van der Waals surface area contributed by atoms with Crippen molar-refractivity contribution < 1.29 is 4.74 Å². The van der Waals surface area contributed by atoms with Gasteiger partial charge in [-0.3, -0.25) is 4.99 Å². The lowest BCUT2D eigenvalue weighted by Crippen LogP contribution is -2.16. The third-order valence-corrected chi connectivity index (χ3v) is 2.92. The zero-order valence-corrected chi connectivity index (χ0v) is 11.3. The van der Waals surface area contributed by atoms with Crippen molar-refractivity contribution in [1.29, 1.82) is 0 Å². The van der Waals surface area contributed by atoms with Crippen LogP contribution in [0.3, 0.4) is 0 Å². The van der Waals surface area contributed by atoms with Crippen molar-refractivity contribution in [1.82, 2.24) is 0 Å². The monoisotopic (exact) mass is 270 g/mol. The molecule has 104 valence electrons. The number of amidine groups is 1. The molecule has 0 aromatic heterocycles. The van der Waals surface area contributed by atoms with E-state index in [1.165, 1.54) is 0 Å². The standard InChI is InChI=1S/C15H18N4O/c1-20-12-4-2-3-10(7-12)9-19-15(18)13-8-11(16)5-6-14(13)17/h2-8H,9,16-17H2,1H3,(H2,18,19). The van der Waals surface area contributed by atoms with Crippen molar-refractivity contribution in [3.8, 4) is 5.75 Å². The van der Waals surface area contributed by atoms with Crippen molar-refractivity contribution in [3.63, 3.8) is 0 Å². The van der Waals surface area contributed by atoms with Crippen LogP contribution in [0.25, 0.3) is 0 Å². The third kappa shape index (κ3) is 3.20. The number of nitrogens with two attached hydrogens (primary N) is 3. The molecule has 0 spiro atoms. The molecule has 0 fully saturated rings. The molecule has 2 aromatic rings. The number of rotatable bonds is 4. The Morgan fingerprint density at radius 3 is 2.70 bits per heavy atom. The topological polar surface area (TPSA) is 99.6 Å². The molecule has 0 saturated heterocycles. The van der Waals surface area contributed by atoms with Gasteiger partial charge in [-0.25, -0.2) is 0 Å². The predicted molar refractivity (Wildman–Crippen MR) is 82.7 cm³/mol.